The monoisotopic (exact) mass is 457 g/mol. The van der Waals surface area contributed by atoms with Crippen LogP contribution in [-0.2, 0) is 6.67 Å². The van der Waals surface area contributed by atoms with Gasteiger partial charge in [-0.3, -0.25) is 0 Å². The fourth-order valence-corrected chi connectivity index (χ4v) is 4.69. The molecule has 0 unspecified atom stereocenters. The van der Waals surface area contributed by atoms with Crippen molar-refractivity contribution in [2.75, 3.05) is 42.7 Å². The summed E-state index contributed by atoms with van der Waals surface area (Å²) >= 11 is 0. The van der Waals surface area contributed by atoms with Crippen LogP contribution in [0, 0.1) is 0 Å². The lowest BCUT2D eigenvalue weighted by molar-refractivity contribution is 0.252. The number of benzene rings is 1. The number of aromatic hydroxyl groups is 1. The molecule has 1 saturated heterocycles. The summed E-state index contributed by atoms with van der Waals surface area (Å²) in [6, 6.07) is 5.48. The molecule has 2 aliphatic rings. The van der Waals surface area contributed by atoms with E-state index in [0.717, 1.165) is 38.8 Å². The largest absolute Gasteiger partial charge is 0.508 e. The number of phenolic OH excluding ortho intramolecular Hbond substituents is 1. The summed E-state index contributed by atoms with van der Waals surface area (Å²) in [6.45, 7) is 1.37. The molecule has 33 heavy (non-hydrogen) atoms. The van der Waals surface area contributed by atoms with Crippen molar-refractivity contribution in [3.8, 4) is 5.75 Å². The molecule has 4 rings (SSSR count). The van der Waals surface area contributed by atoms with Crippen LogP contribution in [0.4, 0.5) is 27.9 Å². The van der Waals surface area contributed by atoms with E-state index in [1.807, 2.05) is 7.05 Å². The number of phenols is 1. The van der Waals surface area contributed by atoms with Gasteiger partial charge in [0.25, 0.3) is 0 Å². The number of nitrogens with zero attached hydrogens (tertiary/aromatic N) is 5. The minimum Gasteiger partial charge on any atom is -0.508 e. The molecule has 2 aromatic rings. The highest BCUT2D eigenvalue weighted by Crippen LogP contribution is 2.27. The summed E-state index contributed by atoms with van der Waals surface area (Å²) in [5.41, 5.74) is 0.856. The Kier molecular flexibility index (Phi) is 7.80. The number of hydrogen-bond acceptors (Lipinski definition) is 8. The number of hydrogen-bond donors (Lipinski definition) is 3. The fourth-order valence-electron chi connectivity index (χ4n) is 4.69. The van der Waals surface area contributed by atoms with E-state index in [9.17, 15) is 9.50 Å². The van der Waals surface area contributed by atoms with Gasteiger partial charge in [0.15, 0.2) is 0 Å². The molecular formula is C24H36FN7O. The molecule has 3 N–H and O–H groups in total. The number of halogens is 1. The van der Waals surface area contributed by atoms with Gasteiger partial charge < -0.3 is 25.5 Å². The second kappa shape index (κ2) is 11.0. The van der Waals surface area contributed by atoms with E-state index in [1.165, 1.54) is 31.7 Å². The van der Waals surface area contributed by atoms with Crippen LogP contribution in [0.2, 0.25) is 0 Å². The van der Waals surface area contributed by atoms with Crippen LogP contribution in [-0.4, -0.2) is 64.2 Å². The molecule has 0 atom stereocenters. The van der Waals surface area contributed by atoms with Crippen LogP contribution in [0.1, 0.15) is 56.9 Å². The fraction of sp³-hybridized carbons (Fsp3) is 0.625. The van der Waals surface area contributed by atoms with Gasteiger partial charge in [-0.05, 0) is 64.0 Å². The molecule has 2 fully saturated rings. The van der Waals surface area contributed by atoms with Gasteiger partial charge in [-0.25, -0.2) is 4.39 Å². The predicted molar refractivity (Wildman–Crippen MR) is 130 cm³/mol. The van der Waals surface area contributed by atoms with Crippen molar-refractivity contribution < 1.29 is 9.50 Å². The molecule has 1 aliphatic heterocycles. The van der Waals surface area contributed by atoms with Crippen molar-refractivity contribution in [2.24, 2.45) is 0 Å². The van der Waals surface area contributed by atoms with Gasteiger partial charge in [-0.2, -0.15) is 15.0 Å². The maximum absolute atomic E-state index is 13.2. The number of aromatic nitrogens is 3. The topological polar surface area (TPSA) is 89.4 Å². The Morgan fingerprint density at radius 1 is 1.03 bits per heavy atom. The first-order valence-electron chi connectivity index (χ1n) is 12.1. The highest BCUT2D eigenvalue weighted by molar-refractivity contribution is 5.59. The maximum Gasteiger partial charge on any atom is 0.233 e. The second-order valence-corrected chi connectivity index (χ2v) is 9.36. The standard InChI is InChI=1S/C24H36FN7O/c1-31-13-11-20(12-14-31)32(2)24-29-22(26-18-7-5-3-4-6-8-18)28-23(30-24)27-19-9-10-21(33)17(15-19)16-25/h9-10,15,18,20,33H,3-8,11-14,16H2,1-2H3,(H2,26,27,28,29,30). The Morgan fingerprint density at radius 3 is 2.42 bits per heavy atom. The van der Waals surface area contributed by atoms with Crippen molar-refractivity contribution in [2.45, 2.75) is 70.1 Å². The lowest BCUT2D eigenvalue weighted by atomic mass is 10.0. The molecule has 0 spiro atoms. The van der Waals surface area contributed by atoms with Crippen molar-refractivity contribution in [1.29, 1.82) is 0 Å². The average molecular weight is 458 g/mol. The Hall–Kier alpha value is -2.68. The molecule has 180 valence electrons. The van der Waals surface area contributed by atoms with Gasteiger partial charge >= 0.3 is 0 Å². The first-order chi connectivity index (χ1) is 16.0. The van der Waals surface area contributed by atoms with Crippen LogP contribution in [0.3, 0.4) is 0 Å². The first-order valence-corrected chi connectivity index (χ1v) is 12.1. The lowest BCUT2D eigenvalue weighted by Gasteiger charge is -2.35. The first kappa shape index (κ1) is 23.5. The summed E-state index contributed by atoms with van der Waals surface area (Å²) in [5.74, 6) is 1.55. The zero-order valence-electron chi connectivity index (χ0n) is 19.7. The molecule has 1 aromatic heterocycles. The van der Waals surface area contributed by atoms with E-state index in [-0.39, 0.29) is 11.3 Å². The van der Waals surface area contributed by atoms with E-state index in [0.29, 0.717) is 35.6 Å². The van der Waals surface area contributed by atoms with Crippen molar-refractivity contribution in [3.63, 3.8) is 0 Å². The van der Waals surface area contributed by atoms with Gasteiger partial charge in [0.05, 0.1) is 0 Å². The molecule has 1 aliphatic carbocycles. The van der Waals surface area contributed by atoms with Crippen LogP contribution >= 0.6 is 0 Å². The van der Waals surface area contributed by atoms with E-state index in [4.69, 9.17) is 9.97 Å². The van der Waals surface area contributed by atoms with Crippen LogP contribution in [0.25, 0.3) is 0 Å². The number of anilines is 4. The Morgan fingerprint density at radius 2 is 1.73 bits per heavy atom. The molecule has 9 heteroatoms. The second-order valence-electron chi connectivity index (χ2n) is 9.36. The van der Waals surface area contributed by atoms with E-state index < -0.39 is 6.67 Å². The minimum atomic E-state index is -0.739. The van der Waals surface area contributed by atoms with Crippen molar-refractivity contribution >= 4 is 23.5 Å². The maximum atomic E-state index is 13.2. The third-order valence-electron chi connectivity index (χ3n) is 6.84. The highest BCUT2D eigenvalue weighted by Gasteiger charge is 2.24. The predicted octanol–water partition coefficient (Wildman–Crippen LogP) is 4.46. The zero-order chi connectivity index (χ0) is 23.2. The lowest BCUT2D eigenvalue weighted by Crippen LogP contribution is -2.42. The molecule has 0 amide bonds. The van der Waals surface area contributed by atoms with Crippen molar-refractivity contribution in [1.82, 2.24) is 19.9 Å². The smallest absolute Gasteiger partial charge is 0.233 e. The van der Waals surface area contributed by atoms with Crippen molar-refractivity contribution in [3.05, 3.63) is 23.8 Å². The normalized spacial score (nSPS) is 18.6. The SMILES string of the molecule is CN1CCC(N(C)c2nc(Nc3ccc(O)c(CF)c3)nc(NC3CCCCCC3)n2)CC1. The molecule has 0 radical (unpaired) electrons. The van der Waals surface area contributed by atoms with E-state index >= 15 is 0 Å². The molecule has 0 bridgehead atoms. The number of nitrogens with one attached hydrogen (secondary N) is 2. The van der Waals surface area contributed by atoms with E-state index in [2.05, 4.69) is 32.5 Å². The summed E-state index contributed by atoms with van der Waals surface area (Å²) in [6.07, 6.45) is 9.35. The molecule has 1 saturated carbocycles. The summed E-state index contributed by atoms with van der Waals surface area (Å²) in [7, 11) is 4.20. The Balaban J connectivity index is 1.59. The quantitative estimate of drug-likeness (QED) is 0.415. The van der Waals surface area contributed by atoms with Gasteiger partial charge in [0.1, 0.15) is 12.4 Å². The Labute approximate surface area is 195 Å². The number of likely N-dealkylation sites (tertiary alicyclic amines) is 1. The van der Waals surface area contributed by atoms with Crippen LogP contribution in [0.15, 0.2) is 18.2 Å². The molecular weight excluding hydrogens is 421 g/mol. The third kappa shape index (κ3) is 6.22. The molecule has 1 aromatic carbocycles. The third-order valence-corrected chi connectivity index (χ3v) is 6.84. The van der Waals surface area contributed by atoms with Gasteiger partial charge in [0, 0.05) is 30.4 Å². The van der Waals surface area contributed by atoms with E-state index in [1.54, 1.807) is 12.1 Å². The average Bonchev–Trinajstić information content (AvgIpc) is 3.09. The zero-order valence-corrected chi connectivity index (χ0v) is 19.7. The van der Waals surface area contributed by atoms with Crippen LogP contribution < -0.4 is 15.5 Å². The number of rotatable bonds is 7. The van der Waals surface area contributed by atoms with Crippen LogP contribution in [0.5, 0.6) is 5.75 Å². The number of alkyl halides is 1. The highest BCUT2D eigenvalue weighted by atomic mass is 19.1. The molecule has 8 nitrogen and oxygen atoms in total. The molecule has 2 heterocycles. The summed E-state index contributed by atoms with van der Waals surface area (Å²) < 4.78 is 13.2. The Bertz CT molecular complexity index is 912. The van der Waals surface area contributed by atoms with Gasteiger partial charge in [0.2, 0.25) is 17.8 Å². The van der Waals surface area contributed by atoms with Gasteiger partial charge in [-0.1, -0.05) is 25.7 Å². The van der Waals surface area contributed by atoms with Gasteiger partial charge in [-0.15, -0.1) is 0 Å². The minimum absolute atomic E-state index is 0.0582. The summed E-state index contributed by atoms with van der Waals surface area (Å²) in [4.78, 5) is 18.6. The summed E-state index contributed by atoms with van der Waals surface area (Å²) in [5, 5.41) is 16.5. The number of piperidine rings is 1.